The molecule has 0 radical (unpaired) electrons. The maximum Gasteiger partial charge on any atom is 0.123 e. The summed E-state index contributed by atoms with van der Waals surface area (Å²) in [6, 6.07) is 14.7. The number of nitrogens with two attached hydrogens (primary N) is 1. The second-order valence-corrected chi connectivity index (χ2v) is 5.55. The predicted octanol–water partition coefficient (Wildman–Crippen LogP) is 3.66. The number of nitrogens with zero attached hydrogens (tertiary/aromatic N) is 1. The highest BCUT2D eigenvalue weighted by molar-refractivity contribution is 5.49. The predicted molar refractivity (Wildman–Crippen MR) is 88.9 cm³/mol. The van der Waals surface area contributed by atoms with Crippen LogP contribution in [-0.2, 0) is 6.54 Å². The maximum atomic E-state index is 5.98. The quantitative estimate of drug-likeness (QED) is 0.910. The number of ether oxygens (including phenoxy) is 1. The van der Waals surface area contributed by atoms with Crippen LogP contribution >= 0.6 is 0 Å². The van der Waals surface area contributed by atoms with E-state index in [0.717, 1.165) is 23.4 Å². The fourth-order valence-electron chi connectivity index (χ4n) is 2.35. The van der Waals surface area contributed by atoms with Crippen LogP contribution in [0.5, 0.6) is 5.75 Å². The number of methoxy groups -OCH3 is 1. The molecule has 0 bridgehead atoms. The van der Waals surface area contributed by atoms with E-state index < -0.39 is 0 Å². The molecule has 21 heavy (non-hydrogen) atoms. The molecule has 0 saturated carbocycles. The molecule has 1 atom stereocenters. The minimum absolute atomic E-state index is 0.0272. The van der Waals surface area contributed by atoms with Crippen molar-refractivity contribution in [2.24, 2.45) is 5.73 Å². The molecule has 0 saturated heterocycles. The van der Waals surface area contributed by atoms with Gasteiger partial charge in [0.05, 0.1) is 7.11 Å². The van der Waals surface area contributed by atoms with E-state index in [2.05, 4.69) is 49.2 Å². The fourth-order valence-corrected chi connectivity index (χ4v) is 2.35. The van der Waals surface area contributed by atoms with E-state index in [1.54, 1.807) is 7.11 Å². The molecule has 2 aromatic rings. The molecule has 0 aromatic heterocycles. The smallest absolute Gasteiger partial charge is 0.123 e. The lowest BCUT2D eigenvalue weighted by Gasteiger charge is -2.22. The first-order valence-corrected chi connectivity index (χ1v) is 7.21. The van der Waals surface area contributed by atoms with Gasteiger partial charge in [-0.15, -0.1) is 0 Å². The Morgan fingerprint density at radius 2 is 1.81 bits per heavy atom. The summed E-state index contributed by atoms with van der Waals surface area (Å²) in [6.45, 7) is 4.88. The molecule has 3 nitrogen and oxygen atoms in total. The number of hydrogen-bond donors (Lipinski definition) is 1. The summed E-state index contributed by atoms with van der Waals surface area (Å²) in [5.74, 6) is 0.901. The molecule has 112 valence electrons. The van der Waals surface area contributed by atoms with Crippen molar-refractivity contribution in [1.82, 2.24) is 0 Å². The molecular formula is C18H24N2O. The topological polar surface area (TPSA) is 38.5 Å². The van der Waals surface area contributed by atoms with Crippen molar-refractivity contribution in [3.63, 3.8) is 0 Å². The Bertz CT molecular complexity index is 591. The number of hydrogen-bond acceptors (Lipinski definition) is 3. The Morgan fingerprint density at radius 3 is 2.38 bits per heavy atom. The zero-order valence-electron chi connectivity index (χ0n) is 13.3. The Balaban J connectivity index is 2.24. The molecule has 0 amide bonds. The standard InChI is InChI=1S/C18H24N2O/c1-13-5-8-17(9-6-13)20(3)12-16-11-15(14(2)19)7-10-18(16)21-4/h5-11,14H,12,19H2,1-4H3. The molecule has 1 unspecified atom stereocenters. The van der Waals surface area contributed by atoms with E-state index in [1.807, 2.05) is 19.1 Å². The van der Waals surface area contributed by atoms with E-state index in [4.69, 9.17) is 10.5 Å². The number of rotatable bonds is 5. The van der Waals surface area contributed by atoms with E-state index >= 15 is 0 Å². The van der Waals surface area contributed by atoms with Gasteiger partial charge in [-0.3, -0.25) is 0 Å². The third-order valence-corrected chi connectivity index (χ3v) is 3.71. The third kappa shape index (κ3) is 3.76. The lowest BCUT2D eigenvalue weighted by molar-refractivity contribution is 0.409. The first kappa shape index (κ1) is 15.4. The zero-order valence-corrected chi connectivity index (χ0v) is 13.3. The van der Waals surface area contributed by atoms with Crippen LogP contribution < -0.4 is 15.4 Å². The average molecular weight is 284 g/mol. The summed E-state index contributed by atoms with van der Waals surface area (Å²) in [6.07, 6.45) is 0. The van der Waals surface area contributed by atoms with Crippen molar-refractivity contribution in [3.05, 3.63) is 59.2 Å². The van der Waals surface area contributed by atoms with Gasteiger partial charge in [0.15, 0.2) is 0 Å². The van der Waals surface area contributed by atoms with E-state index in [1.165, 1.54) is 11.3 Å². The first-order valence-electron chi connectivity index (χ1n) is 7.21. The highest BCUT2D eigenvalue weighted by Gasteiger charge is 2.10. The van der Waals surface area contributed by atoms with Gasteiger partial charge < -0.3 is 15.4 Å². The van der Waals surface area contributed by atoms with Crippen molar-refractivity contribution >= 4 is 5.69 Å². The minimum atomic E-state index is 0.0272. The molecule has 2 N–H and O–H groups in total. The highest BCUT2D eigenvalue weighted by Crippen LogP contribution is 2.25. The number of aryl methyl sites for hydroxylation is 1. The van der Waals surface area contributed by atoms with Gasteiger partial charge in [-0.1, -0.05) is 23.8 Å². The third-order valence-electron chi connectivity index (χ3n) is 3.71. The zero-order chi connectivity index (χ0) is 15.4. The summed E-state index contributed by atoms with van der Waals surface area (Å²) in [7, 11) is 3.79. The number of benzene rings is 2. The fraction of sp³-hybridized carbons (Fsp3) is 0.333. The molecule has 0 aliphatic carbocycles. The molecule has 2 aromatic carbocycles. The van der Waals surface area contributed by atoms with Gasteiger partial charge in [0.2, 0.25) is 0 Å². The van der Waals surface area contributed by atoms with Gasteiger partial charge in [-0.05, 0) is 43.7 Å². The molecule has 0 spiro atoms. The van der Waals surface area contributed by atoms with Crippen molar-refractivity contribution in [1.29, 1.82) is 0 Å². The summed E-state index contributed by atoms with van der Waals surface area (Å²) in [4.78, 5) is 2.21. The first-order chi connectivity index (χ1) is 10.0. The molecule has 0 aliphatic heterocycles. The summed E-state index contributed by atoms with van der Waals surface area (Å²) in [5, 5.41) is 0. The van der Waals surface area contributed by atoms with Crippen molar-refractivity contribution in [2.75, 3.05) is 19.1 Å². The molecule has 2 rings (SSSR count). The molecular weight excluding hydrogens is 260 g/mol. The van der Waals surface area contributed by atoms with Crippen LogP contribution in [-0.4, -0.2) is 14.2 Å². The molecule has 0 aliphatic rings. The Morgan fingerprint density at radius 1 is 1.14 bits per heavy atom. The second-order valence-electron chi connectivity index (χ2n) is 5.55. The Hall–Kier alpha value is -2.00. The SMILES string of the molecule is COc1ccc(C(C)N)cc1CN(C)c1ccc(C)cc1. The van der Waals surface area contributed by atoms with Crippen LogP contribution in [0.1, 0.15) is 29.7 Å². The van der Waals surface area contributed by atoms with Gasteiger partial charge in [0, 0.05) is 30.9 Å². The minimum Gasteiger partial charge on any atom is -0.496 e. The van der Waals surface area contributed by atoms with Crippen LogP contribution in [0.25, 0.3) is 0 Å². The molecule has 3 heteroatoms. The van der Waals surface area contributed by atoms with Crippen LogP contribution in [0.2, 0.25) is 0 Å². The lowest BCUT2D eigenvalue weighted by Crippen LogP contribution is -2.17. The van der Waals surface area contributed by atoms with Crippen LogP contribution in [0, 0.1) is 6.92 Å². The normalized spacial score (nSPS) is 12.0. The van der Waals surface area contributed by atoms with Gasteiger partial charge >= 0.3 is 0 Å². The molecule has 0 heterocycles. The van der Waals surface area contributed by atoms with Crippen LogP contribution in [0.15, 0.2) is 42.5 Å². The average Bonchev–Trinajstić information content (AvgIpc) is 2.47. The highest BCUT2D eigenvalue weighted by atomic mass is 16.5. The van der Waals surface area contributed by atoms with Crippen LogP contribution in [0.4, 0.5) is 5.69 Å². The van der Waals surface area contributed by atoms with E-state index in [0.29, 0.717) is 0 Å². The van der Waals surface area contributed by atoms with E-state index in [-0.39, 0.29) is 6.04 Å². The van der Waals surface area contributed by atoms with Gasteiger partial charge in [0.25, 0.3) is 0 Å². The number of anilines is 1. The Labute approximate surface area is 127 Å². The summed E-state index contributed by atoms with van der Waals surface area (Å²) >= 11 is 0. The summed E-state index contributed by atoms with van der Waals surface area (Å²) < 4.78 is 5.47. The van der Waals surface area contributed by atoms with Gasteiger partial charge in [-0.2, -0.15) is 0 Å². The largest absolute Gasteiger partial charge is 0.496 e. The van der Waals surface area contributed by atoms with Crippen LogP contribution in [0.3, 0.4) is 0 Å². The van der Waals surface area contributed by atoms with Crippen molar-refractivity contribution in [3.8, 4) is 5.75 Å². The maximum absolute atomic E-state index is 5.98. The Kier molecular flexibility index (Phi) is 4.86. The van der Waals surface area contributed by atoms with Gasteiger partial charge in [-0.25, -0.2) is 0 Å². The van der Waals surface area contributed by atoms with Crippen molar-refractivity contribution in [2.45, 2.75) is 26.4 Å². The van der Waals surface area contributed by atoms with E-state index in [9.17, 15) is 0 Å². The second kappa shape index (κ2) is 6.64. The van der Waals surface area contributed by atoms with Gasteiger partial charge in [0.1, 0.15) is 5.75 Å². The summed E-state index contributed by atoms with van der Waals surface area (Å²) in [5.41, 5.74) is 10.7. The van der Waals surface area contributed by atoms with Crippen molar-refractivity contribution < 1.29 is 4.74 Å². The molecule has 0 fully saturated rings. The lowest BCUT2D eigenvalue weighted by atomic mass is 10.0. The monoisotopic (exact) mass is 284 g/mol.